The fourth-order valence-corrected chi connectivity index (χ4v) is 3.72. The van der Waals surface area contributed by atoms with Crippen LogP contribution in [-0.4, -0.2) is 61.5 Å². The Morgan fingerprint density at radius 2 is 2.07 bits per heavy atom. The number of amides is 3. The molecule has 4 rings (SSSR count). The van der Waals surface area contributed by atoms with Gasteiger partial charge in [0.05, 0.1) is 23.8 Å². The van der Waals surface area contributed by atoms with E-state index >= 15 is 0 Å². The molecule has 7 nitrogen and oxygen atoms in total. The van der Waals surface area contributed by atoms with Crippen LogP contribution < -0.4 is 10.6 Å². The van der Waals surface area contributed by atoms with Crippen molar-refractivity contribution in [3.63, 3.8) is 0 Å². The minimum absolute atomic E-state index is 0. The van der Waals surface area contributed by atoms with E-state index in [9.17, 15) is 14.4 Å². The molecule has 8 heteroatoms. The summed E-state index contributed by atoms with van der Waals surface area (Å²) in [5.41, 5.74) is 2.24. The second kappa shape index (κ2) is 8.86. The summed E-state index contributed by atoms with van der Waals surface area (Å²) in [6.45, 7) is 3.18. The Hall–Kier alpha value is -2.22. The Bertz CT molecular complexity index is 818. The molecule has 1 aromatic carbocycles. The number of nitrogens with zero attached hydrogens (tertiary/aromatic N) is 1. The number of fused-ring (bicyclic) bond motifs is 1. The molecular weight excluding hydrogens is 382 g/mol. The maximum atomic E-state index is 12.7. The number of imide groups is 1. The van der Waals surface area contributed by atoms with Crippen molar-refractivity contribution in [3.05, 3.63) is 46.5 Å². The van der Waals surface area contributed by atoms with E-state index in [0.717, 1.165) is 32.4 Å². The smallest absolute Gasteiger partial charge is 0.261 e. The quantitative estimate of drug-likeness (QED) is 0.573. The van der Waals surface area contributed by atoms with Crippen molar-refractivity contribution >= 4 is 30.1 Å². The molecule has 0 bridgehead atoms. The number of rotatable bonds is 5. The van der Waals surface area contributed by atoms with Gasteiger partial charge in [-0.15, -0.1) is 12.4 Å². The molecule has 1 fully saturated rings. The average molecular weight is 406 g/mol. The Morgan fingerprint density at radius 3 is 2.79 bits per heavy atom. The highest BCUT2D eigenvalue weighted by atomic mass is 35.5. The number of hydrogen-bond donors (Lipinski definition) is 2. The third-order valence-electron chi connectivity index (χ3n) is 5.28. The highest BCUT2D eigenvalue weighted by molar-refractivity contribution is 6.22. The maximum Gasteiger partial charge on any atom is 0.261 e. The lowest BCUT2D eigenvalue weighted by molar-refractivity contribution is 0.0475. The Balaban J connectivity index is 0.00000225. The van der Waals surface area contributed by atoms with Crippen LogP contribution in [0.1, 0.15) is 50.3 Å². The van der Waals surface area contributed by atoms with Gasteiger partial charge in [0.25, 0.3) is 17.7 Å². The van der Waals surface area contributed by atoms with E-state index in [1.54, 1.807) is 12.1 Å². The average Bonchev–Trinajstić information content (AvgIpc) is 3.30. The van der Waals surface area contributed by atoms with Crippen LogP contribution in [0.15, 0.2) is 29.8 Å². The molecule has 0 spiro atoms. The lowest BCUT2D eigenvalue weighted by Crippen LogP contribution is -2.36. The van der Waals surface area contributed by atoms with Gasteiger partial charge in [-0.1, -0.05) is 11.6 Å². The highest BCUT2D eigenvalue weighted by Crippen LogP contribution is 2.26. The maximum absolute atomic E-state index is 12.7. The van der Waals surface area contributed by atoms with Gasteiger partial charge in [0.15, 0.2) is 0 Å². The van der Waals surface area contributed by atoms with Crippen molar-refractivity contribution in [2.45, 2.75) is 25.4 Å². The van der Waals surface area contributed by atoms with Gasteiger partial charge in [0, 0.05) is 25.3 Å². The number of nitrogens with one attached hydrogen (secondary N) is 2. The number of hydrogen-bond acceptors (Lipinski definition) is 5. The van der Waals surface area contributed by atoms with E-state index in [1.807, 2.05) is 0 Å². The Kier molecular flexibility index (Phi) is 6.49. The van der Waals surface area contributed by atoms with E-state index in [0.29, 0.717) is 29.8 Å². The zero-order chi connectivity index (χ0) is 18.8. The van der Waals surface area contributed by atoms with Gasteiger partial charge in [-0.25, -0.2) is 0 Å². The number of benzene rings is 1. The van der Waals surface area contributed by atoms with Gasteiger partial charge in [-0.3, -0.25) is 19.3 Å². The molecule has 1 atom stereocenters. The van der Waals surface area contributed by atoms with Crippen LogP contribution in [0.25, 0.3) is 0 Å². The second-order valence-electron chi connectivity index (χ2n) is 7.12. The molecular formula is C20H24ClN3O4. The van der Waals surface area contributed by atoms with Crippen LogP contribution in [0.3, 0.4) is 0 Å². The number of carbonyl (C=O) groups is 3. The molecule has 150 valence electrons. The van der Waals surface area contributed by atoms with E-state index in [2.05, 4.69) is 16.7 Å². The summed E-state index contributed by atoms with van der Waals surface area (Å²) < 4.78 is 5.54. The summed E-state index contributed by atoms with van der Waals surface area (Å²) in [7, 11) is 0. The summed E-state index contributed by atoms with van der Waals surface area (Å²) in [6.07, 6.45) is 4.71. The van der Waals surface area contributed by atoms with E-state index in [1.165, 1.54) is 16.5 Å². The minimum atomic E-state index is -0.346. The molecule has 3 aliphatic heterocycles. The summed E-state index contributed by atoms with van der Waals surface area (Å²) in [5.74, 6) is -0.895. The van der Waals surface area contributed by atoms with Gasteiger partial charge < -0.3 is 15.4 Å². The molecule has 28 heavy (non-hydrogen) atoms. The van der Waals surface area contributed by atoms with Gasteiger partial charge in [0.1, 0.15) is 0 Å². The number of ether oxygens (including phenoxy) is 1. The summed E-state index contributed by atoms with van der Waals surface area (Å²) in [4.78, 5) is 38.9. The Labute approximate surface area is 169 Å². The van der Waals surface area contributed by atoms with Crippen molar-refractivity contribution in [1.29, 1.82) is 0 Å². The number of halogens is 1. The monoisotopic (exact) mass is 405 g/mol. The third-order valence-corrected chi connectivity index (χ3v) is 5.28. The first-order chi connectivity index (χ1) is 13.1. The summed E-state index contributed by atoms with van der Waals surface area (Å²) in [5, 5.41) is 6.12. The standard InChI is InChI=1S/C20H23N3O4.ClH/c24-18(22-11-13-5-7-21-8-6-13)14-3-4-16-17(10-14)20(26)23(19(16)25)12-15-2-1-9-27-15;/h3-5,10,15,21H,1-2,6-9,11-12H2,(H,22,24);1H. The molecule has 3 aliphatic rings. The van der Waals surface area contributed by atoms with Crippen molar-refractivity contribution in [2.24, 2.45) is 0 Å². The van der Waals surface area contributed by atoms with Crippen molar-refractivity contribution < 1.29 is 19.1 Å². The van der Waals surface area contributed by atoms with Crippen LogP contribution in [-0.2, 0) is 4.74 Å². The molecule has 1 saturated heterocycles. The first-order valence-electron chi connectivity index (χ1n) is 9.42. The molecule has 0 aromatic heterocycles. The first-order valence-corrected chi connectivity index (χ1v) is 9.42. The van der Waals surface area contributed by atoms with Gasteiger partial charge in [-0.05, 0) is 44.0 Å². The number of carbonyl (C=O) groups excluding carboxylic acids is 3. The molecule has 2 N–H and O–H groups in total. The molecule has 1 unspecified atom stereocenters. The molecule has 3 heterocycles. The summed E-state index contributed by atoms with van der Waals surface area (Å²) in [6, 6.07) is 4.70. The zero-order valence-corrected chi connectivity index (χ0v) is 16.3. The van der Waals surface area contributed by atoms with E-state index in [4.69, 9.17) is 4.74 Å². The molecule has 0 aliphatic carbocycles. The van der Waals surface area contributed by atoms with Crippen LogP contribution in [0.4, 0.5) is 0 Å². The SMILES string of the molecule is Cl.O=C(NCC1=CCNCC1)c1ccc2c(c1)C(=O)N(CC1CCCO1)C2=O. The zero-order valence-electron chi connectivity index (χ0n) is 15.5. The topological polar surface area (TPSA) is 87.7 Å². The summed E-state index contributed by atoms with van der Waals surface area (Å²) >= 11 is 0. The largest absolute Gasteiger partial charge is 0.376 e. The van der Waals surface area contributed by atoms with Crippen LogP contribution in [0.2, 0.25) is 0 Å². The lowest BCUT2D eigenvalue weighted by atomic mass is 10.0. The first kappa shape index (κ1) is 20.5. The van der Waals surface area contributed by atoms with E-state index in [-0.39, 0.29) is 42.8 Å². The van der Waals surface area contributed by atoms with Crippen LogP contribution >= 0.6 is 12.4 Å². The molecule has 1 aromatic rings. The van der Waals surface area contributed by atoms with Gasteiger partial charge in [0.2, 0.25) is 0 Å². The fraction of sp³-hybridized carbons (Fsp3) is 0.450. The predicted octanol–water partition coefficient (Wildman–Crippen LogP) is 1.53. The molecule has 0 radical (unpaired) electrons. The van der Waals surface area contributed by atoms with E-state index < -0.39 is 0 Å². The fourth-order valence-electron chi connectivity index (χ4n) is 3.72. The molecule has 3 amide bonds. The van der Waals surface area contributed by atoms with Crippen molar-refractivity contribution in [2.75, 3.05) is 32.8 Å². The van der Waals surface area contributed by atoms with Crippen LogP contribution in [0.5, 0.6) is 0 Å². The predicted molar refractivity (Wildman–Crippen MR) is 106 cm³/mol. The minimum Gasteiger partial charge on any atom is -0.376 e. The lowest BCUT2D eigenvalue weighted by Gasteiger charge is -2.17. The second-order valence-corrected chi connectivity index (χ2v) is 7.12. The Morgan fingerprint density at radius 1 is 1.25 bits per heavy atom. The van der Waals surface area contributed by atoms with Gasteiger partial charge in [-0.2, -0.15) is 0 Å². The van der Waals surface area contributed by atoms with Crippen molar-refractivity contribution in [1.82, 2.24) is 15.5 Å². The van der Waals surface area contributed by atoms with Crippen molar-refractivity contribution in [3.8, 4) is 0 Å². The normalized spacial score (nSPS) is 21.2. The van der Waals surface area contributed by atoms with Gasteiger partial charge >= 0.3 is 0 Å². The molecule has 0 saturated carbocycles. The highest BCUT2D eigenvalue weighted by Gasteiger charge is 2.37. The van der Waals surface area contributed by atoms with Crippen LogP contribution in [0, 0.1) is 0 Å². The third kappa shape index (κ3) is 4.11.